The smallest absolute Gasteiger partial charge is 0.407 e. The molecule has 7 heteroatoms. The van der Waals surface area contributed by atoms with Crippen LogP contribution >= 0.6 is 0 Å². The summed E-state index contributed by atoms with van der Waals surface area (Å²) in [5.74, 6) is 0.399. The number of esters is 1. The quantitative estimate of drug-likeness (QED) is 0.487. The van der Waals surface area contributed by atoms with Gasteiger partial charge in [0.1, 0.15) is 17.7 Å². The molecule has 0 bridgehead atoms. The number of ether oxygens (including phenoxy) is 2. The van der Waals surface area contributed by atoms with Crippen LogP contribution in [0.2, 0.25) is 0 Å². The molecule has 2 amide bonds. The summed E-state index contributed by atoms with van der Waals surface area (Å²) in [6, 6.07) is -0.424. The van der Waals surface area contributed by atoms with Crippen LogP contribution in [0, 0.1) is 11.8 Å². The van der Waals surface area contributed by atoms with Gasteiger partial charge in [-0.15, -0.1) is 0 Å². The molecule has 2 aliphatic rings. The zero-order chi connectivity index (χ0) is 23.7. The molecular formula is C25H44N2O5. The van der Waals surface area contributed by atoms with Crippen molar-refractivity contribution in [1.82, 2.24) is 10.6 Å². The number of alkyl carbamates (subject to hydrolysis) is 1. The van der Waals surface area contributed by atoms with Crippen molar-refractivity contribution < 1.29 is 23.9 Å². The highest BCUT2D eigenvalue weighted by Gasteiger charge is 2.29. The summed E-state index contributed by atoms with van der Waals surface area (Å²) < 4.78 is 11.0. The Labute approximate surface area is 193 Å². The lowest BCUT2D eigenvalue weighted by atomic mass is 9.83. The molecule has 0 radical (unpaired) electrons. The first-order valence-electron chi connectivity index (χ1n) is 12.5. The first-order valence-corrected chi connectivity index (χ1v) is 12.5. The minimum absolute atomic E-state index is 0.0125. The van der Waals surface area contributed by atoms with E-state index < -0.39 is 11.6 Å². The van der Waals surface area contributed by atoms with Crippen molar-refractivity contribution >= 4 is 18.0 Å². The minimum Gasteiger partial charge on any atom is -0.461 e. The molecule has 2 N–H and O–H groups in total. The fourth-order valence-corrected chi connectivity index (χ4v) is 4.61. The molecule has 184 valence electrons. The summed E-state index contributed by atoms with van der Waals surface area (Å²) in [6.45, 7) is 9.66. The van der Waals surface area contributed by atoms with Crippen LogP contribution in [-0.4, -0.2) is 41.8 Å². The summed E-state index contributed by atoms with van der Waals surface area (Å²) in [5, 5.41) is 5.89. The van der Waals surface area contributed by atoms with Crippen molar-refractivity contribution in [3.05, 3.63) is 0 Å². The van der Waals surface area contributed by atoms with Crippen molar-refractivity contribution in [2.75, 3.05) is 0 Å². The molecule has 2 fully saturated rings. The third kappa shape index (κ3) is 10.2. The maximum absolute atomic E-state index is 12.6. The largest absolute Gasteiger partial charge is 0.461 e. The third-order valence-electron chi connectivity index (χ3n) is 6.26. The van der Waals surface area contributed by atoms with Gasteiger partial charge < -0.3 is 20.1 Å². The highest BCUT2D eigenvalue weighted by Crippen LogP contribution is 2.28. The minimum atomic E-state index is -0.558. The zero-order valence-corrected chi connectivity index (χ0v) is 20.7. The van der Waals surface area contributed by atoms with Gasteiger partial charge in [-0.3, -0.25) is 4.79 Å². The second kappa shape index (κ2) is 12.4. The Hall–Kier alpha value is -1.79. The predicted molar refractivity (Wildman–Crippen MR) is 124 cm³/mol. The number of amides is 2. The number of rotatable bonds is 9. The Balaban J connectivity index is 1.70. The Morgan fingerprint density at radius 1 is 0.969 bits per heavy atom. The molecule has 0 aromatic rings. The first kappa shape index (κ1) is 26.5. The molecule has 2 rings (SSSR count). The standard InChI is InChI=1S/C25H44N2O5/c1-17(2)16-21(23(29)31-20-8-6-7-9-20)27-22(28)15-12-18-10-13-19(14-11-18)26-24(30)32-25(3,4)5/h17-21H,6-16H2,1-5H3,(H,26,30)(H,27,28)/t18?,19?,21-/m0/s1. The van der Waals surface area contributed by atoms with Crippen LogP contribution < -0.4 is 10.6 Å². The van der Waals surface area contributed by atoms with E-state index in [1.54, 1.807) is 0 Å². The Bertz CT molecular complexity index is 614. The second-order valence-electron chi connectivity index (χ2n) is 11.0. The van der Waals surface area contributed by atoms with Gasteiger partial charge in [-0.1, -0.05) is 13.8 Å². The van der Waals surface area contributed by atoms with Gasteiger partial charge in [-0.25, -0.2) is 9.59 Å². The number of nitrogens with one attached hydrogen (secondary N) is 2. The highest BCUT2D eigenvalue weighted by atomic mass is 16.6. The van der Waals surface area contributed by atoms with E-state index in [-0.39, 0.29) is 30.1 Å². The maximum Gasteiger partial charge on any atom is 0.407 e. The van der Waals surface area contributed by atoms with Crippen LogP contribution in [0.1, 0.15) is 105 Å². The second-order valence-corrected chi connectivity index (χ2v) is 11.0. The van der Waals surface area contributed by atoms with Crippen molar-refractivity contribution in [3.63, 3.8) is 0 Å². The summed E-state index contributed by atoms with van der Waals surface area (Å²) in [6.07, 6.45) is 9.29. The lowest BCUT2D eigenvalue weighted by Crippen LogP contribution is -2.44. The maximum atomic E-state index is 12.6. The molecule has 7 nitrogen and oxygen atoms in total. The van der Waals surface area contributed by atoms with Gasteiger partial charge in [0.05, 0.1) is 0 Å². The summed E-state index contributed by atoms with van der Waals surface area (Å²) in [4.78, 5) is 37.1. The topological polar surface area (TPSA) is 93.7 Å². The molecule has 0 heterocycles. The van der Waals surface area contributed by atoms with Gasteiger partial charge in [0, 0.05) is 12.5 Å². The average Bonchev–Trinajstić information content (AvgIpc) is 3.18. The lowest BCUT2D eigenvalue weighted by Gasteiger charge is -2.30. The van der Waals surface area contributed by atoms with Crippen LogP contribution in [0.3, 0.4) is 0 Å². The Morgan fingerprint density at radius 2 is 1.59 bits per heavy atom. The van der Waals surface area contributed by atoms with Crippen molar-refractivity contribution in [2.45, 2.75) is 129 Å². The highest BCUT2D eigenvalue weighted by molar-refractivity contribution is 5.84. The summed E-state index contributed by atoms with van der Waals surface area (Å²) in [5.41, 5.74) is -0.494. The molecule has 0 spiro atoms. The van der Waals surface area contributed by atoms with E-state index in [4.69, 9.17) is 9.47 Å². The molecular weight excluding hydrogens is 408 g/mol. The van der Waals surface area contributed by atoms with E-state index in [0.29, 0.717) is 24.7 Å². The fourth-order valence-electron chi connectivity index (χ4n) is 4.61. The molecule has 32 heavy (non-hydrogen) atoms. The van der Waals surface area contributed by atoms with Crippen LogP contribution in [0.25, 0.3) is 0 Å². The van der Waals surface area contributed by atoms with Crippen LogP contribution in [0.15, 0.2) is 0 Å². The monoisotopic (exact) mass is 452 g/mol. The SMILES string of the molecule is CC(C)C[C@H](NC(=O)CCC1CCC(NC(=O)OC(C)(C)C)CC1)C(=O)OC1CCCC1. The van der Waals surface area contributed by atoms with Gasteiger partial charge in [0.15, 0.2) is 0 Å². The summed E-state index contributed by atoms with van der Waals surface area (Å²) in [7, 11) is 0. The first-order chi connectivity index (χ1) is 15.0. The van der Waals surface area contributed by atoms with E-state index in [1.165, 1.54) is 0 Å². The van der Waals surface area contributed by atoms with Gasteiger partial charge in [0.2, 0.25) is 5.91 Å². The molecule has 0 aromatic heterocycles. The molecule has 0 aromatic carbocycles. The van der Waals surface area contributed by atoms with E-state index in [9.17, 15) is 14.4 Å². The zero-order valence-electron chi connectivity index (χ0n) is 20.7. The van der Waals surface area contributed by atoms with Crippen molar-refractivity contribution in [2.24, 2.45) is 11.8 Å². The van der Waals surface area contributed by atoms with E-state index in [0.717, 1.165) is 57.8 Å². The van der Waals surface area contributed by atoms with Crippen molar-refractivity contribution in [3.8, 4) is 0 Å². The molecule has 2 saturated carbocycles. The molecule has 1 atom stereocenters. The van der Waals surface area contributed by atoms with Crippen LogP contribution in [-0.2, 0) is 19.1 Å². The normalized spacial score (nSPS) is 22.9. The summed E-state index contributed by atoms with van der Waals surface area (Å²) >= 11 is 0. The number of carbonyl (C=O) groups is 3. The van der Waals surface area contributed by atoms with Crippen LogP contribution in [0.4, 0.5) is 4.79 Å². The van der Waals surface area contributed by atoms with Gasteiger partial charge >= 0.3 is 12.1 Å². The lowest BCUT2D eigenvalue weighted by molar-refractivity contribution is -0.153. The molecule has 0 aliphatic heterocycles. The van der Waals surface area contributed by atoms with E-state index in [1.807, 2.05) is 34.6 Å². The van der Waals surface area contributed by atoms with Gasteiger partial charge in [-0.05, 0) is 96.8 Å². The average molecular weight is 453 g/mol. The van der Waals surface area contributed by atoms with Gasteiger partial charge in [-0.2, -0.15) is 0 Å². The number of hydrogen-bond acceptors (Lipinski definition) is 5. The van der Waals surface area contributed by atoms with Crippen LogP contribution in [0.5, 0.6) is 0 Å². The van der Waals surface area contributed by atoms with Crippen molar-refractivity contribution in [1.29, 1.82) is 0 Å². The molecule has 0 saturated heterocycles. The molecule has 0 unspecified atom stereocenters. The third-order valence-corrected chi connectivity index (χ3v) is 6.26. The number of carbonyl (C=O) groups excluding carboxylic acids is 3. The predicted octanol–water partition coefficient (Wildman–Crippen LogP) is 4.87. The Kier molecular flexibility index (Phi) is 10.3. The molecule has 2 aliphatic carbocycles. The van der Waals surface area contributed by atoms with Gasteiger partial charge in [0.25, 0.3) is 0 Å². The Morgan fingerprint density at radius 3 is 2.16 bits per heavy atom. The fraction of sp³-hybridized carbons (Fsp3) is 0.880. The van der Waals surface area contributed by atoms with E-state index in [2.05, 4.69) is 10.6 Å². The number of hydrogen-bond donors (Lipinski definition) is 2. The van der Waals surface area contributed by atoms with E-state index >= 15 is 0 Å².